The Morgan fingerprint density at radius 2 is 1.50 bits per heavy atom. The molecule has 1 fully saturated rings. The number of aromatic amines is 1. The Labute approximate surface area is 197 Å². The maximum atomic E-state index is 12.7. The van der Waals surface area contributed by atoms with E-state index in [2.05, 4.69) is 4.98 Å². The van der Waals surface area contributed by atoms with Gasteiger partial charge in [0, 0.05) is 19.1 Å². The summed E-state index contributed by atoms with van der Waals surface area (Å²) < 4.78 is 13.3. The van der Waals surface area contributed by atoms with Gasteiger partial charge in [-0.1, -0.05) is 42.5 Å². The summed E-state index contributed by atoms with van der Waals surface area (Å²) in [5.74, 6) is 1.33. The molecule has 5 rings (SSSR count). The number of rotatable bonds is 7. The average molecular weight is 458 g/mol. The molecule has 1 aliphatic rings. The van der Waals surface area contributed by atoms with Gasteiger partial charge in [-0.05, 0) is 54.8 Å². The van der Waals surface area contributed by atoms with E-state index >= 15 is 0 Å². The number of ether oxygens (including phenoxy) is 2. The van der Waals surface area contributed by atoms with Crippen LogP contribution in [0.5, 0.6) is 11.5 Å². The Bertz CT molecular complexity index is 1300. The SMILES string of the molecule is O=C(COc1ccc(OCc2ccccc2)cc1)N1CCC(n2c(=O)[nH]c3ccccc32)CC1. The molecule has 1 saturated heterocycles. The van der Waals surface area contributed by atoms with Crippen LogP contribution < -0.4 is 15.2 Å². The lowest BCUT2D eigenvalue weighted by molar-refractivity contribution is -0.134. The van der Waals surface area contributed by atoms with E-state index in [0.29, 0.717) is 25.4 Å². The van der Waals surface area contributed by atoms with Gasteiger partial charge in [-0.2, -0.15) is 0 Å². The van der Waals surface area contributed by atoms with Crippen LogP contribution >= 0.6 is 0 Å². The molecule has 0 bridgehead atoms. The number of para-hydroxylation sites is 2. The van der Waals surface area contributed by atoms with Gasteiger partial charge in [-0.3, -0.25) is 9.36 Å². The zero-order valence-electron chi connectivity index (χ0n) is 18.9. The molecule has 3 aromatic carbocycles. The standard InChI is InChI=1S/C27H27N3O4/c31-26(19-34-23-12-10-22(11-13-23)33-18-20-6-2-1-3-7-20)29-16-14-21(15-17-29)30-25-9-5-4-8-24(25)28-27(30)32/h1-13,21H,14-19H2,(H,28,32). The highest BCUT2D eigenvalue weighted by molar-refractivity contribution is 5.78. The van der Waals surface area contributed by atoms with Gasteiger partial charge in [0.15, 0.2) is 6.61 Å². The van der Waals surface area contributed by atoms with Crippen molar-refractivity contribution in [1.29, 1.82) is 0 Å². The number of nitrogens with one attached hydrogen (secondary N) is 1. The first-order valence-electron chi connectivity index (χ1n) is 11.5. The number of hydrogen-bond acceptors (Lipinski definition) is 4. The summed E-state index contributed by atoms with van der Waals surface area (Å²) in [4.78, 5) is 29.8. The number of fused-ring (bicyclic) bond motifs is 1. The van der Waals surface area contributed by atoms with Crippen molar-refractivity contribution in [1.82, 2.24) is 14.5 Å². The molecule has 0 atom stereocenters. The minimum Gasteiger partial charge on any atom is -0.489 e. The second-order valence-corrected chi connectivity index (χ2v) is 8.46. The highest BCUT2D eigenvalue weighted by Crippen LogP contribution is 2.25. The van der Waals surface area contributed by atoms with E-state index in [-0.39, 0.29) is 24.2 Å². The van der Waals surface area contributed by atoms with Crippen LogP contribution in [0.25, 0.3) is 11.0 Å². The summed E-state index contributed by atoms with van der Waals surface area (Å²) in [5, 5.41) is 0. The number of hydrogen-bond donors (Lipinski definition) is 1. The number of piperidine rings is 1. The Balaban J connectivity index is 1.10. The minimum absolute atomic E-state index is 0.0120. The average Bonchev–Trinajstić information content (AvgIpc) is 3.23. The Morgan fingerprint density at radius 1 is 0.853 bits per heavy atom. The molecule has 1 aromatic heterocycles. The molecule has 0 spiro atoms. The third-order valence-corrected chi connectivity index (χ3v) is 6.24. The lowest BCUT2D eigenvalue weighted by atomic mass is 10.0. The third-order valence-electron chi connectivity index (χ3n) is 6.24. The Kier molecular flexibility index (Phi) is 6.33. The van der Waals surface area contributed by atoms with Crippen molar-refractivity contribution in [3.05, 3.63) is 94.9 Å². The van der Waals surface area contributed by atoms with Crippen molar-refractivity contribution < 1.29 is 14.3 Å². The number of carbonyl (C=O) groups excluding carboxylic acids is 1. The van der Waals surface area contributed by atoms with Crippen molar-refractivity contribution in [2.75, 3.05) is 19.7 Å². The van der Waals surface area contributed by atoms with Crippen LogP contribution in [0.1, 0.15) is 24.4 Å². The van der Waals surface area contributed by atoms with E-state index in [1.807, 2.05) is 88.3 Å². The number of benzene rings is 3. The highest BCUT2D eigenvalue weighted by Gasteiger charge is 2.26. The number of amides is 1. The van der Waals surface area contributed by atoms with Gasteiger partial charge >= 0.3 is 5.69 Å². The van der Waals surface area contributed by atoms with Crippen LogP contribution in [-0.4, -0.2) is 40.1 Å². The number of nitrogens with zero attached hydrogens (tertiary/aromatic N) is 2. The molecule has 1 aliphatic heterocycles. The first-order valence-corrected chi connectivity index (χ1v) is 11.5. The molecule has 4 aromatic rings. The van der Waals surface area contributed by atoms with Crippen LogP contribution in [0.4, 0.5) is 0 Å². The fraction of sp³-hybridized carbons (Fsp3) is 0.259. The fourth-order valence-electron chi connectivity index (χ4n) is 4.42. The Hall–Kier alpha value is -4.00. The summed E-state index contributed by atoms with van der Waals surface area (Å²) in [7, 11) is 0. The second-order valence-electron chi connectivity index (χ2n) is 8.46. The lowest BCUT2D eigenvalue weighted by Crippen LogP contribution is -2.42. The number of aromatic nitrogens is 2. The molecule has 7 heteroatoms. The first-order chi connectivity index (χ1) is 16.7. The van der Waals surface area contributed by atoms with E-state index in [4.69, 9.17) is 9.47 Å². The van der Waals surface area contributed by atoms with Crippen molar-refractivity contribution in [2.45, 2.75) is 25.5 Å². The van der Waals surface area contributed by atoms with E-state index < -0.39 is 0 Å². The van der Waals surface area contributed by atoms with Gasteiger partial charge in [-0.15, -0.1) is 0 Å². The maximum Gasteiger partial charge on any atom is 0.326 e. The van der Waals surface area contributed by atoms with Gasteiger partial charge in [0.25, 0.3) is 5.91 Å². The van der Waals surface area contributed by atoms with Crippen molar-refractivity contribution in [2.24, 2.45) is 0 Å². The third kappa shape index (κ3) is 4.83. The zero-order chi connectivity index (χ0) is 23.3. The first kappa shape index (κ1) is 21.8. The molecule has 1 N–H and O–H groups in total. The van der Waals surface area contributed by atoms with E-state index in [1.54, 1.807) is 0 Å². The van der Waals surface area contributed by atoms with Gasteiger partial charge in [0.05, 0.1) is 11.0 Å². The molecule has 7 nitrogen and oxygen atoms in total. The predicted octanol–water partition coefficient (Wildman–Crippen LogP) is 4.15. The molecule has 0 unspecified atom stereocenters. The largest absolute Gasteiger partial charge is 0.489 e. The topological polar surface area (TPSA) is 76.6 Å². The van der Waals surface area contributed by atoms with Crippen molar-refractivity contribution in [3.8, 4) is 11.5 Å². The number of likely N-dealkylation sites (tertiary alicyclic amines) is 1. The monoisotopic (exact) mass is 457 g/mol. The highest BCUT2D eigenvalue weighted by atomic mass is 16.5. The van der Waals surface area contributed by atoms with Crippen molar-refractivity contribution in [3.63, 3.8) is 0 Å². The van der Waals surface area contributed by atoms with Crippen molar-refractivity contribution >= 4 is 16.9 Å². The summed E-state index contributed by atoms with van der Waals surface area (Å²) in [6, 6.07) is 25.1. The molecule has 0 aliphatic carbocycles. The van der Waals surface area contributed by atoms with Gasteiger partial charge < -0.3 is 19.4 Å². The molecular weight excluding hydrogens is 430 g/mol. The van der Waals surface area contributed by atoms with E-state index in [1.165, 1.54) is 0 Å². The molecule has 174 valence electrons. The molecule has 0 radical (unpaired) electrons. The molecule has 34 heavy (non-hydrogen) atoms. The Morgan fingerprint density at radius 3 is 2.24 bits per heavy atom. The summed E-state index contributed by atoms with van der Waals surface area (Å²) in [6.45, 7) is 1.69. The quantitative estimate of drug-likeness (QED) is 0.452. The number of H-pyrrole nitrogens is 1. The fourth-order valence-corrected chi connectivity index (χ4v) is 4.42. The second kappa shape index (κ2) is 9.87. The number of carbonyl (C=O) groups is 1. The lowest BCUT2D eigenvalue weighted by Gasteiger charge is -2.32. The maximum absolute atomic E-state index is 12.7. The van der Waals surface area contributed by atoms with Crippen LogP contribution in [0.15, 0.2) is 83.7 Å². The summed E-state index contributed by atoms with van der Waals surface area (Å²) in [6.07, 6.45) is 1.47. The minimum atomic E-state index is -0.0921. The van der Waals surface area contributed by atoms with Crippen LogP contribution in [0.2, 0.25) is 0 Å². The predicted molar refractivity (Wildman–Crippen MR) is 130 cm³/mol. The van der Waals surface area contributed by atoms with Gasteiger partial charge in [0.1, 0.15) is 18.1 Å². The molecule has 1 amide bonds. The van der Waals surface area contributed by atoms with Crippen LogP contribution in [0, 0.1) is 0 Å². The van der Waals surface area contributed by atoms with Crippen LogP contribution in [-0.2, 0) is 11.4 Å². The molecule has 2 heterocycles. The molecular formula is C27H27N3O4. The smallest absolute Gasteiger partial charge is 0.326 e. The van der Waals surface area contributed by atoms with E-state index in [0.717, 1.165) is 35.2 Å². The zero-order valence-corrected chi connectivity index (χ0v) is 18.9. The molecule has 0 saturated carbocycles. The normalized spacial score (nSPS) is 14.3. The summed E-state index contributed by atoms with van der Waals surface area (Å²) in [5.41, 5.74) is 2.77. The van der Waals surface area contributed by atoms with Gasteiger partial charge in [-0.25, -0.2) is 4.79 Å². The van der Waals surface area contributed by atoms with Crippen LogP contribution in [0.3, 0.4) is 0 Å². The van der Waals surface area contributed by atoms with Gasteiger partial charge in [0.2, 0.25) is 0 Å². The summed E-state index contributed by atoms with van der Waals surface area (Å²) >= 11 is 0. The van der Waals surface area contributed by atoms with E-state index in [9.17, 15) is 9.59 Å². The number of imidazole rings is 1.